The van der Waals surface area contributed by atoms with Gasteiger partial charge in [0.1, 0.15) is 5.75 Å². The molecule has 0 aliphatic heterocycles. The SMILES string of the molecule is CCCC[N+]([O-])(CCCC)CCc1c[nH]c2ccc(O)cc12. The van der Waals surface area contributed by atoms with Gasteiger partial charge in [-0.1, -0.05) is 26.7 Å². The number of aromatic amines is 1. The number of phenols is 1. The van der Waals surface area contributed by atoms with Crippen LogP contribution in [0.15, 0.2) is 24.4 Å². The summed E-state index contributed by atoms with van der Waals surface area (Å²) in [6.45, 7) is 6.30. The summed E-state index contributed by atoms with van der Waals surface area (Å²) in [5, 5.41) is 23.7. The van der Waals surface area contributed by atoms with Crippen molar-refractivity contribution in [1.29, 1.82) is 0 Å². The molecule has 0 aliphatic rings. The third kappa shape index (κ3) is 4.24. The van der Waals surface area contributed by atoms with Gasteiger partial charge in [-0.2, -0.15) is 0 Å². The van der Waals surface area contributed by atoms with Gasteiger partial charge in [-0.3, -0.25) is 0 Å². The van der Waals surface area contributed by atoms with Crippen molar-refractivity contribution < 1.29 is 9.75 Å². The summed E-state index contributed by atoms with van der Waals surface area (Å²) in [6.07, 6.45) is 6.82. The number of hydrogen-bond donors (Lipinski definition) is 2. The van der Waals surface area contributed by atoms with Crippen LogP contribution in [0, 0.1) is 5.21 Å². The van der Waals surface area contributed by atoms with Crippen LogP contribution in [0.2, 0.25) is 0 Å². The zero-order valence-corrected chi connectivity index (χ0v) is 13.8. The Morgan fingerprint density at radius 2 is 1.77 bits per heavy atom. The lowest BCUT2D eigenvalue weighted by molar-refractivity contribution is -0.881. The van der Waals surface area contributed by atoms with Gasteiger partial charge in [0.05, 0.1) is 19.6 Å². The van der Waals surface area contributed by atoms with Gasteiger partial charge in [-0.05, 0) is 36.6 Å². The quantitative estimate of drug-likeness (QED) is 0.535. The van der Waals surface area contributed by atoms with Crippen LogP contribution in [0.3, 0.4) is 0 Å². The Morgan fingerprint density at radius 1 is 1.09 bits per heavy atom. The smallest absolute Gasteiger partial charge is 0.116 e. The highest BCUT2D eigenvalue weighted by atomic mass is 16.5. The average Bonchev–Trinajstić information content (AvgIpc) is 2.91. The number of aromatic hydroxyl groups is 1. The number of quaternary nitrogens is 1. The van der Waals surface area contributed by atoms with Crippen molar-refractivity contribution in [3.8, 4) is 5.75 Å². The fourth-order valence-electron chi connectivity index (χ4n) is 2.93. The van der Waals surface area contributed by atoms with Gasteiger partial charge in [0.15, 0.2) is 0 Å². The van der Waals surface area contributed by atoms with Gasteiger partial charge < -0.3 is 19.9 Å². The van der Waals surface area contributed by atoms with Crippen LogP contribution in [-0.2, 0) is 6.42 Å². The van der Waals surface area contributed by atoms with E-state index in [1.165, 1.54) is 0 Å². The second-order valence-corrected chi connectivity index (χ2v) is 6.23. The predicted molar refractivity (Wildman–Crippen MR) is 91.7 cm³/mol. The Hall–Kier alpha value is -1.52. The maximum atomic E-state index is 13.0. The van der Waals surface area contributed by atoms with Gasteiger partial charge in [0, 0.05) is 23.5 Å². The number of aromatic nitrogens is 1. The molecule has 0 spiro atoms. The Kier molecular flexibility index (Phi) is 5.86. The van der Waals surface area contributed by atoms with Crippen molar-refractivity contribution in [2.45, 2.75) is 46.0 Å². The molecule has 4 heteroatoms. The van der Waals surface area contributed by atoms with E-state index in [0.717, 1.165) is 48.6 Å². The first kappa shape index (κ1) is 16.8. The van der Waals surface area contributed by atoms with E-state index in [4.69, 9.17) is 0 Å². The van der Waals surface area contributed by atoms with Gasteiger partial charge >= 0.3 is 0 Å². The summed E-state index contributed by atoms with van der Waals surface area (Å²) in [4.78, 5) is 3.22. The molecule has 22 heavy (non-hydrogen) atoms. The largest absolute Gasteiger partial charge is 0.633 e. The second-order valence-electron chi connectivity index (χ2n) is 6.23. The van der Waals surface area contributed by atoms with E-state index in [1.54, 1.807) is 12.1 Å². The van der Waals surface area contributed by atoms with E-state index < -0.39 is 0 Å². The first-order valence-electron chi connectivity index (χ1n) is 8.44. The number of hydroxylamine groups is 3. The molecule has 2 rings (SSSR count). The minimum atomic E-state index is -0.0901. The summed E-state index contributed by atoms with van der Waals surface area (Å²) in [5.41, 5.74) is 2.14. The van der Waals surface area contributed by atoms with Crippen molar-refractivity contribution >= 4 is 10.9 Å². The fraction of sp³-hybridized carbons (Fsp3) is 0.556. The topological polar surface area (TPSA) is 59.1 Å². The molecule has 0 saturated carbocycles. The van der Waals surface area contributed by atoms with Crippen molar-refractivity contribution in [2.24, 2.45) is 0 Å². The van der Waals surface area contributed by atoms with Crippen molar-refractivity contribution in [3.63, 3.8) is 0 Å². The molecule has 0 saturated heterocycles. The molecule has 0 amide bonds. The Balaban J connectivity index is 2.08. The van der Waals surface area contributed by atoms with E-state index >= 15 is 0 Å². The summed E-state index contributed by atoms with van der Waals surface area (Å²) >= 11 is 0. The number of fused-ring (bicyclic) bond motifs is 1. The number of hydrogen-bond acceptors (Lipinski definition) is 2. The lowest BCUT2D eigenvalue weighted by atomic mass is 10.1. The Bertz CT molecular complexity index is 584. The lowest BCUT2D eigenvalue weighted by Crippen LogP contribution is -2.45. The Morgan fingerprint density at radius 3 is 2.41 bits per heavy atom. The fourth-order valence-corrected chi connectivity index (χ4v) is 2.93. The van der Waals surface area contributed by atoms with Crippen LogP contribution < -0.4 is 0 Å². The highest BCUT2D eigenvalue weighted by Gasteiger charge is 2.17. The number of H-pyrrole nitrogens is 1. The number of nitrogens with zero attached hydrogens (tertiary/aromatic N) is 1. The second kappa shape index (κ2) is 7.65. The average molecular weight is 304 g/mol. The monoisotopic (exact) mass is 304 g/mol. The zero-order valence-electron chi connectivity index (χ0n) is 13.8. The lowest BCUT2D eigenvalue weighted by Gasteiger charge is -2.43. The molecule has 0 atom stereocenters. The van der Waals surface area contributed by atoms with Crippen molar-refractivity contribution in [3.05, 3.63) is 35.2 Å². The standard InChI is InChI=1S/C18H28N2O2/c1-3-5-10-20(22,11-6-4-2)12-9-15-14-19-18-8-7-16(21)13-17(15)18/h7-8,13-14,19,21H,3-6,9-12H2,1-2H3. The summed E-state index contributed by atoms with van der Waals surface area (Å²) < 4.78 is -0.0901. The number of rotatable bonds is 9. The molecule has 2 aromatic rings. The maximum absolute atomic E-state index is 13.0. The zero-order chi connectivity index (χ0) is 16.0. The molecule has 122 valence electrons. The third-order valence-corrected chi connectivity index (χ3v) is 4.38. The van der Waals surface area contributed by atoms with Gasteiger partial charge in [-0.15, -0.1) is 0 Å². The van der Waals surface area contributed by atoms with E-state index in [0.29, 0.717) is 19.6 Å². The van der Waals surface area contributed by atoms with Crippen LogP contribution in [0.1, 0.15) is 45.1 Å². The molecular formula is C18H28N2O2. The van der Waals surface area contributed by atoms with Gasteiger partial charge in [0.25, 0.3) is 0 Å². The highest BCUT2D eigenvalue weighted by molar-refractivity contribution is 5.84. The minimum Gasteiger partial charge on any atom is -0.633 e. The van der Waals surface area contributed by atoms with Gasteiger partial charge in [-0.25, -0.2) is 0 Å². The first-order chi connectivity index (χ1) is 10.6. The molecule has 0 radical (unpaired) electrons. The van der Waals surface area contributed by atoms with E-state index in [2.05, 4.69) is 18.8 Å². The van der Waals surface area contributed by atoms with Crippen LogP contribution >= 0.6 is 0 Å². The predicted octanol–water partition coefficient (Wildman–Crippen LogP) is 4.33. The van der Waals surface area contributed by atoms with E-state index in [9.17, 15) is 10.3 Å². The van der Waals surface area contributed by atoms with Crippen molar-refractivity contribution in [2.75, 3.05) is 19.6 Å². The highest BCUT2D eigenvalue weighted by Crippen LogP contribution is 2.24. The van der Waals surface area contributed by atoms with Crippen LogP contribution in [0.4, 0.5) is 0 Å². The molecular weight excluding hydrogens is 276 g/mol. The normalized spacial score (nSPS) is 12.1. The number of phenolic OH excluding ortho intramolecular Hbond substituents is 1. The van der Waals surface area contributed by atoms with Crippen LogP contribution in [0.5, 0.6) is 5.75 Å². The number of benzene rings is 1. The number of nitrogens with one attached hydrogen (secondary N) is 1. The molecule has 1 aromatic heterocycles. The van der Waals surface area contributed by atoms with Crippen LogP contribution in [0.25, 0.3) is 10.9 Å². The minimum absolute atomic E-state index is 0.0901. The summed E-state index contributed by atoms with van der Waals surface area (Å²) in [7, 11) is 0. The molecule has 1 heterocycles. The molecule has 4 nitrogen and oxygen atoms in total. The summed E-state index contributed by atoms with van der Waals surface area (Å²) in [6, 6.07) is 5.33. The summed E-state index contributed by atoms with van der Waals surface area (Å²) in [5.74, 6) is 0.271. The van der Waals surface area contributed by atoms with E-state index in [-0.39, 0.29) is 10.4 Å². The van der Waals surface area contributed by atoms with Gasteiger partial charge in [0.2, 0.25) is 0 Å². The Labute approximate surface area is 132 Å². The molecule has 0 fully saturated rings. The molecule has 0 unspecified atom stereocenters. The molecule has 0 bridgehead atoms. The number of unbranched alkanes of at least 4 members (excludes halogenated alkanes) is 2. The van der Waals surface area contributed by atoms with E-state index in [1.807, 2.05) is 12.3 Å². The maximum Gasteiger partial charge on any atom is 0.116 e. The molecule has 2 N–H and O–H groups in total. The van der Waals surface area contributed by atoms with Crippen molar-refractivity contribution in [1.82, 2.24) is 4.98 Å². The molecule has 0 aliphatic carbocycles. The van der Waals surface area contributed by atoms with Crippen LogP contribution in [-0.4, -0.2) is 34.4 Å². The molecule has 1 aromatic carbocycles. The third-order valence-electron chi connectivity index (χ3n) is 4.38. The first-order valence-corrected chi connectivity index (χ1v) is 8.44.